The fourth-order valence-corrected chi connectivity index (χ4v) is 3.46. The number of carbonyl (C=O) groups is 2. The molecule has 1 aliphatic rings. The molecule has 0 atom stereocenters. The number of anilines is 1. The highest BCUT2D eigenvalue weighted by Gasteiger charge is 2.17. The van der Waals surface area contributed by atoms with E-state index in [0.717, 1.165) is 21.8 Å². The number of amides is 2. The highest BCUT2D eigenvalue weighted by molar-refractivity contribution is 8.00. The van der Waals surface area contributed by atoms with E-state index in [0.29, 0.717) is 30.2 Å². The molecule has 2 aromatic rings. The minimum atomic E-state index is -0.183. The van der Waals surface area contributed by atoms with Crippen LogP contribution in [-0.2, 0) is 4.79 Å². The lowest BCUT2D eigenvalue weighted by Gasteiger charge is -2.17. The summed E-state index contributed by atoms with van der Waals surface area (Å²) in [6.45, 7) is 4.81. The van der Waals surface area contributed by atoms with Crippen LogP contribution in [0.2, 0.25) is 0 Å². The Morgan fingerprint density at radius 3 is 2.76 bits per heavy atom. The van der Waals surface area contributed by atoms with Crippen molar-refractivity contribution in [3.63, 3.8) is 0 Å². The second kappa shape index (κ2) is 7.61. The van der Waals surface area contributed by atoms with Gasteiger partial charge in [0, 0.05) is 10.5 Å². The van der Waals surface area contributed by atoms with Crippen LogP contribution >= 0.6 is 11.8 Å². The van der Waals surface area contributed by atoms with Crippen LogP contribution in [0, 0.1) is 13.8 Å². The molecule has 5 nitrogen and oxygen atoms in total. The van der Waals surface area contributed by atoms with Crippen LogP contribution in [0.5, 0.6) is 5.75 Å². The topological polar surface area (TPSA) is 67.4 Å². The second-order valence-corrected chi connectivity index (χ2v) is 6.89. The molecule has 2 amide bonds. The molecule has 2 N–H and O–H groups in total. The Hall–Kier alpha value is -2.47. The van der Waals surface area contributed by atoms with Crippen molar-refractivity contribution >= 4 is 29.3 Å². The summed E-state index contributed by atoms with van der Waals surface area (Å²) in [5.41, 5.74) is 3.37. The van der Waals surface area contributed by atoms with E-state index < -0.39 is 0 Å². The first-order valence-electron chi connectivity index (χ1n) is 8.08. The van der Waals surface area contributed by atoms with E-state index in [2.05, 4.69) is 10.6 Å². The van der Waals surface area contributed by atoms with Gasteiger partial charge in [0.05, 0.1) is 18.0 Å². The lowest BCUT2D eigenvalue weighted by Crippen LogP contribution is -2.28. The van der Waals surface area contributed by atoms with Gasteiger partial charge in [-0.15, -0.1) is 11.8 Å². The van der Waals surface area contributed by atoms with Crippen molar-refractivity contribution in [1.82, 2.24) is 5.32 Å². The number of rotatable bonds is 5. The van der Waals surface area contributed by atoms with Gasteiger partial charge in [0.2, 0.25) is 5.91 Å². The fourth-order valence-electron chi connectivity index (χ4n) is 2.67. The van der Waals surface area contributed by atoms with E-state index in [1.807, 2.05) is 38.1 Å². The highest BCUT2D eigenvalue weighted by Crippen LogP contribution is 2.31. The maximum Gasteiger partial charge on any atom is 0.251 e. The molecule has 0 saturated carbocycles. The normalized spacial score (nSPS) is 13.0. The molecule has 130 valence electrons. The summed E-state index contributed by atoms with van der Waals surface area (Å²) in [5.74, 6) is 1.05. The Balaban J connectivity index is 1.55. The van der Waals surface area contributed by atoms with E-state index in [4.69, 9.17) is 4.74 Å². The average Bonchev–Trinajstić information content (AvgIpc) is 2.59. The van der Waals surface area contributed by atoms with Crippen LogP contribution in [0.1, 0.15) is 21.5 Å². The summed E-state index contributed by atoms with van der Waals surface area (Å²) >= 11 is 1.48. The summed E-state index contributed by atoms with van der Waals surface area (Å²) in [7, 11) is 0. The van der Waals surface area contributed by atoms with E-state index in [1.54, 1.807) is 12.1 Å². The quantitative estimate of drug-likeness (QED) is 0.808. The van der Waals surface area contributed by atoms with Gasteiger partial charge in [-0.1, -0.05) is 18.2 Å². The molecule has 0 radical (unpaired) electrons. The van der Waals surface area contributed by atoms with Gasteiger partial charge >= 0.3 is 0 Å². The molecule has 0 aromatic heterocycles. The molecule has 1 heterocycles. The number of nitrogens with one attached hydrogen (secondary N) is 2. The first-order valence-corrected chi connectivity index (χ1v) is 9.07. The number of hydrogen-bond donors (Lipinski definition) is 2. The van der Waals surface area contributed by atoms with Crippen LogP contribution in [0.4, 0.5) is 5.69 Å². The molecule has 0 unspecified atom stereocenters. The smallest absolute Gasteiger partial charge is 0.251 e. The lowest BCUT2D eigenvalue weighted by atomic mass is 10.1. The minimum absolute atomic E-state index is 0.0444. The molecule has 0 aliphatic carbocycles. The third-order valence-corrected chi connectivity index (χ3v) is 4.99. The van der Waals surface area contributed by atoms with E-state index in [1.165, 1.54) is 11.8 Å². The zero-order valence-corrected chi connectivity index (χ0v) is 15.0. The summed E-state index contributed by atoms with van der Waals surface area (Å²) in [6, 6.07) is 11.3. The van der Waals surface area contributed by atoms with Gasteiger partial charge in [-0.25, -0.2) is 0 Å². The molecule has 0 spiro atoms. The van der Waals surface area contributed by atoms with Crippen LogP contribution in [-0.4, -0.2) is 30.7 Å². The average molecular weight is 356 g/mol. The lowest BCUT2D eigenvalue weighted by molar-refractivity contribution is -0.113. The van der Waals surface area contributed by atoms with Crippen LogP contribution < -0.4 is 15.4 Å². The number of carbonyl (C=O) groups excluding carboxylic acids is 2. The number of hydrogen-bond acceptors (Lipinski definition) is 4. The Morgan fingerprint density at radius 2 is 2.00 bits per heavy atom. The first-order chi connectivity index (χ1) is 12.0. The number of para-hydroxylation sites is 1. The van der Waals surface area contributed by atoms with Gasteiger partial charge in [-0.3, -0.25) is 9.59 Å². The summed E-state index contributed by atoms with van der Waals surface area (Å²) in [5, 5.41) is 5.63. The zero-order chi connectivity index (χ0) is 17.8. The molecule has 1 aliphatic heterocycles. The van der Waals surface area contributed by atoms with Gasteiger partial charge in [-0.2, -0.15) is 0 Å². The Labute approximate surface area is 151 Å². The van der Waals surface area contributed by atoms with Crippen molar-refractivity contribution in [2.24, 2.45) is 0 Å². The molecule has 0 bridgehead atoms. The summed E-state index contributed by atoms with van der Waals surface area (Å²) in [4.78, 5) is 24.7. The summed E-state index contributed by atoms with van der Waals surface area (Å²) in [6.07, 6.45) is 0. The molecule has 0 fully saturated rings. The largest absolute Gasteiger partial charge is 0.491 e. The number of benzene rings is 2. The molecular weight excluding hydrogens is 336 g/mol. The predicted octanol–water partition coefficient (Wildman–Crippen LogP) is 3.16. The number of thioether (sulfide) groups is 1. The minimum Gasteiger partial charge on any atom is -0.491 e. The number of aryl methyl sites for hydroxylation is 2. The standard InChI is InChI=1S/C19H20N2O3S/c1-12-4-3-5-13(2)18(12)24-9-8-20-19(23)14-6-7-16-15(10-14)21-17(22)11-25-16/h3-7,10H,8-9,11H2,1-2H3,(H,20,23)(H,21,22). The monoisotopic (exact) mass is 356 g/mol. The van der Waals surface area contributed by atoms with Crippen molar-refractivity contribution in [2.45, 2.75) is 18.7 Å². The van der Waals surface area contributed by atoms with E-state index >= 15 is 0 Å². The first kappa shape index (κ1) is 17.4. The van der Waals surface area contributed by atoms with Crippen molar-refractivity contribution < 1.29 is 14.3 Å². The van der Waals surface area contributed by atoms with Crippen LogP contribution in [0.25, 0.3) is 0 Å². The van der Waals surface area contributed by atoms with Gasteiger partial charge < -0.3 is 15.4 Å². The van der Waals surface area contributed by atoms with Crippen molar-refractivity contribution in [3.8, 4) is 5.75 Å². The maximum atomic E-state index is 12.3. The number of ether oxygens (including phenoxy) is 1. The van der Waals surface area contributed by atoms with Crippen molar-refractivity contribution in [1.29, 1.82) is 0 Å². The molecular formula is C19H20N2O3S. The molecule has 25 heavy (non-hydrogen) atoms. The van der Waals surface area contributed by atoms with Crippen molar-refractivity contribution in [2.75, 3.05) is 24.2 Å². The SMILES string of the molecule is Cc1cccc(C)c1OCCNC(=O)c1ccc2c(c1)NC(=O)CS2. The van der Waals surface area contributed by atoms with Gasteiger partial charge in [-0.05, 0) is 43.2 Å². The van der Waals surface area contributed by atoms with Crippen LogP contribution in [0.3, 0.4) is 0 Å². The van der Waals surface area contributed by atoms with Crippen LogP contribution in [0.15, 0.2) is 41.3 Å². The van der Waals surface area contributed by atoms with E-state index in [-0.39, 0.29) is 11.8 Å². The van der Waals surface area contributed by atoms with Gasteiger partial charge in [0.1, 0.15) is 12.4 Å². The molecule has 3 rings (SSSR count). The third kappa shape index (κ3) is 4.14. The molecule has 6 heteroatoms. The predicted molar refractivity (Wildman–Crippen MR) is 99.5 cm³/mol. The highest BCUT2D eigenvalue weighted by atomic mass is 32.2. The summed E-state index contributed by atoms with van der Waals surface area (Å²) < 4.78 is 5.78. The zero-order valence-electron chi connectivity index (χ0n) is 14.2. The number of fused-ring (bicyclic) bond motifs is 1. The van der Waals surface area contributed by atoms with Gasteiger partial charge in [0.15, 0.2) is 0 Å². The Bertz CT molecular complexity index is 800. The molecule has 0 saturated heterocycles. The third-order valence-electron chi connectivity index (χ3n) is 3.92. The Kier molecular flexibility index (Phi) is 5.28. The maximum absolute atomic E-state index is 12.3. The second-order valence-electron chi connectivity index (χ2n) is 5.87. The van der Waals surface area contributed by atoms with Crippen molar-refractivity contribution in [3.05, 3.63) is 53.1 Å². The van der Waals surface area contributed by atoms with E-state index in [9.17, 15) is 9.59 Å². The molecule has 2 aromatic carbocycles. The Morgan fingerprint density at radius 1 is 1.24 bits per heavy atom. The van der Waals surface area contributed by atoms with Gasteiger partial charge in [0.25, 0.3) is 5.91 Å². The fraction of sp³-hybridized carbons (Fsp3) is 0.263.